The lowest BCUT2D eigenvalue weighted by Crippen LogP contribution is -2.50. The molecule has 0 unspecified atom stereocenters. The maximum atomic E-state index is 12.3. The summed E-state index contributed by atoms with van der Waals surface area (Å²) in [6.07, 6.45) is 0. The zero-order valence-electron chi connectivity index (χ0n) is 16.7. The molecule has 154 valence electrons. The minimum absolute atomic E-state index is 0.0261. The van der Waals surface area contributed by atoms with Gasteiger partial charge in [0.25, 0.3) is 0 Å². The smallest absolute Gasteiger partial charge is 0.238 e. The Morgan fingerprint density at radius 1 is 0.897 bits per heavy atom. The molecule has 1 fully saturated rings. The average molecular weight is 415 g/mol. The van der Waals surface area contributed by atoms with Gasteiger partial charge in [0.1, 0.15) is 0 Å². The fourth-order valence-electron chi connectivity index (χ4n) is 3.32. The highest BCUT2D eigenvalue weighted by atomic mass is 35.5. The van der Waals surface area contributed by atoms with Gasteiger partial charge in [-0.25, -0.2) is 0 Å². The Morgan fingerprint density at radius 3 is 2.14 bits per heavy atom. The number of hydrogen-bond donors (Lipinski definition) is 2. The molecule has 29 heavy (non-hydrogen) atoms. The van der Waals surface area contributed by atoms with Crippen molar-refractivity contribution in [2.75, 3.05) is 44.6 Å². The van der Waals surface area contributed by atoms with Gasteiger partial charge >= 0.3 is 0 Å². The molecule has 1 saturated heterocycles. The topological polar surface area (TPSA) is 64.7 Å². The van der Waals surface area contributed by atoms with E-state index in [0.717, 1.165) is 31.7 Å². The van der Waals surface area contributed by atoms with Gasteiger partial charge in [0.05, 0.1) is 23.8 Å². The second-order valence-corrected chi connectivity index (χ2v) is 7.69. The molecule has 7 heteroatoms. The number of carbonyl (C=O) groups excluding carboxylic acids is 2. The summed E-state index contributed by atoms with van der Waals surface area (Å²) in [5.41, 5.74) is 2.94. The molecule has 3 rings (SSSR count). The Morgan fingerprint density at radius 2 is 1.48 bits per heavy atom. The van der Waals surface area contributed by atoms with E-state index in [2.05, 4.69) is 20.4 Å². The van der Waals surface area contributed by atoms with Crippen molar-refractivity contribution in [3.05, 3.63) is 64.7 Å². The minimum atomic E-state index is -0.0810. The normalized spacial score (nSPS) is 15.1. The number of rotatable bonds is 7. The maximum absolute atomic E-state index is 12.3. The van der Waals surface area contributed by atoms with Gasteiger partial charge in [-0.05, 0) is 30.2 Å². The molecule has 1 aliphatic heterocycles. The van der Waals surface area contributed by atoms with E-state index >= 15 is 0 Å². The van der Waals surface area contributed by atoms with Gasteiger partial charge in [-0.2, -0.15) is 0 Å². The molecule has 0 bridgehead atoms. The van der Waals surface area contributed by atoms with E-state index in [0.29, 0.717) is 30.3 Å². The summed E-state index contributed by atoms with van der Waals surface area (Å²) in [4.78, 5) is 28.7. The predicted molar refractivity (Wildman–Crippen MR) is 116 cm³/mol. The molecule has 0 atom stereocenters. The van der Waals surface area contributed by atoms with E-state index in [1.807, 2.05) is 43.3 Å². The third kappa shape index (κ3) is 6.56. The van der Waals surface area contributed by atoms with Crippen LogP contribution in [-0.2, 0) is 16.1 Å². The first-order valence-corrected chi connectivity index (χ1v) is 10.2. The number of para-hydroxylation sites is 1. The lowest BCUT2D eigenvalue weighted by Gasteiger charge is -2.33. The first-order chi connectivity index (χ1) is 14.0. The monoisotopic (exact) mass is 414 g/mol. The number of benzene rings is 2. The number of halogens is 1. The van der Waals surface area contributed by atoms with Gasteiger partial charge in [-0.15, -0.1) is 0 Å². The third-order valence-corrected chi connectivity index (χ3v) is 5.41. The fourth-order valence-corrected chi connectivity index (χ4v) is 3.51. The Bertz CT molecular complexity index is 850. The van der Waals surface area contributed by atoms with Gasteiger partial charge in [-0.3, -0.25) is 19.4 Å². The SMILES string of the molecule is Cc1ccccc1CNC(=O)CN1CCN(CC(=O)Nc2ccccc2Cl)CC1. The van der Waals surface area contributed by atoms with Crippen molar-refractivity contribution in [1.82, 2.24) is 15.1 Å². The highest BCUT2D eigenvalue weighted by molar-refractivity contribution is 6.33. The molecule has 2 aromatic rings. The van der Waals surface area contributed by atoms with Crippen LogP contribution in [-0.4, -0.2) is 60.9 Å². The molecule has 1 aliphatic rings. The van der Waals surface area contributed by atoms with Crippen molar-refractivity contribution in [2.24, 2.45) is 0 Å². The molecule has 2 aromatic carbocycles. The van der Waals surface area contributed by atoms with Crippen LogP contribution in [0.15, 0.2) is 48.5 Å². The summed E-state index contributed by atoms with van der Waals surface area (Å²) in [7, 11) is 0. The first kappa shape index (κ1) is 21.3. The van der Waals surface area contributed by atoms with Crippen molar-refractivity contribution in [3.63, 3.8) is 0 Å². The van der Waals surface area contributed by atoms with E-state index in [1.54, 1.807) is 12.1 Å². The predicted octanol–water partition coefficient (Wildman–Crippen LogP) is 2.52. The van der Waals surface area contributed by atoms with Crippen LogP contribution in [0, 0.1) is 6.92 Å². The van der Waals surface area contributed by atoms with Crippen molar-refractivity contribution in [1.29, 1.82) is 0 Å². The number of nitrogens with one attached hydrogen (secondary N) is 2. The van der Waals surface area contributed by atoms with Crippen molar-refractivity contribution in [3.8, 4) is 0 Å². The lowest BCUT2D eigenvalue weighted by molar-refractivity contribution is -0.123. The third-order valence-electron chi connectivity index (χ3n) is 5.08. The van der Waals surface area contributed by atoms with Crippen molar-refractivity contribution >= 4 is 29.1 Å². The van der Waals surface area contributed by atoms with Crippen LogP contribution < -0.4 is 10.6 Å². The number of piperazine rings is 1. The second kappa shape index (κ2) is 10.4. The fraction of sp³-hybridized carbons (Fsp3) is 0.364. The standard InChI is InChI=1S/C22H27ClN4O2/c1-17-6-2-3-7-18(17)14-24-21(28)15-26-10-12-27(13-11-26)16-22(29)25-20-9-5-4-8-19(20)23/h2-9H,10-16H2,1H3,(H,24,28)(H,25,29). The molecule has 2 amide bonds. The van der Waals surface area contributed by atoms with Gasteiger partial charge < -0.3 is 10.6 Å². The number of nitrogens with zero attached hydrogens (tertiary/aromatic N) is 2. The number of amides is 2. The number of aryl methyl sites for hydroxylation is 1. The summed E-state index contributed by atoms with van der Waals surface area (Å²) in [5.74, 6) is -0.0549. The van der Waals surface area contributed by atoms with Crippen LogP contribution in [0.25, 0.3) is 0 Å². The Hall–Kier alpha value is -2.41. The molecule has 0 aromatic heterocycles. The minimum Gasteiger partial charge on any atom is -0.351 e. The summed E-state index contributed by atoms with van der Waals surface area (Å²) >= 11 is 6.08. The first-order valence-electron chi connectivity index (χ1n) is 9.81. The number of carbonyl (C=O) groups is 2. The maximum Gasteiger partial charge on any atom is 0.238 e. The van der Waals surface area contributed by atoms with Crippen LogP contribution in [0.1, 0.15) is 11.1 Å². The van der Waals surface area contributed by atoms with E-state index in [-0.39, 0.29) is 11.8 Å². The van der Waals surface area contributed by atoms with Gasteiger partial charge in [0, 0.05) is 32.7 Å². The number of anilines is 1. The Balaban J connectivity index is 1.36. The largest absolute Gasteiger partial charge is 0.351 e. The molecular weight excluding hydrogens is 388 g/mol. The molecule has 1 heterocycles. The summed E-state index contributed by atoms with van der Waals surface area (Å²) < 4.78 is 0. The molecule has 0 aliphatic carbocycles. The summed E-state index contributed by atoms with van der Waals surface area (Å²) in [5, 5.41) is 6.37. The second-order valence-electron chi connectivity index (χ2n) is 7.28. The van der Waals surface area contributed by atoms with Crippen LogP contribution in [0.4, 0.5) is 5.69 Å². The molecule has 6 nitrogen and oxygen atoms in total. The number of hydrogen-bond acceptors (Lipinski definition) is 4. The van der Waals surface area contributed by atoms with Gasteiger partial charge in [0.15, 0.2) is 0 Å². The average Bonchev–Trinajstić information content (AvgIpc) is 2.71. The molecule has 0 saturated carbocycles. The van der Waals surface area contributed by atoms with E-state index < -0.39 is 0 Å². The quantitative estimate of drug-likeness (QED) is 0.730. The molecule has 2 N–H and O–H groups in total. The van der Waals surface area contributed by atoms with E-state index in [4.69, 9.17) is 11.6 Å². The van der Waals surface area contributed by atoms with Crippen LogP contribution in [0.5, 0.6) is 0 Å². The lowest BCUT2D eigenvalue weighted by atomic mass is 10.1. The summed E-state index contributed by atoms with van der Waals surface area (Å²) in [6.45, 7) is 6.32. The van der Waals surface area contributed by atoms with E-state index in [9.17, 15) is 9.59 Å². The molecule has 0 spiro atoms. The zero-order valence-corrected chi connectivity index (χ0v) is 17.4. The van der Waals surface area contributed by atoms with Crippen molar-refractivity contribution < 1.29 is 9.59 Å². The van der Waals surface area contributed by atoms with Crippen LogP contribution in [0.2, 0.25) is 5.02 Å². The van der Waals surface area contributed by atoms with E-state index in [1.165, 1.54) is 5.56 Å². The Kier molecular flexibility index (Phi) is 7.63. The van der Waals surface area contributed by atoms with Gasteiger partial charge in [0.2, 0.25) is 11.8 Å². The van der Waals surface area contributed by atoms with Crippen molar-refractivity contribution in [2.45, 2.75) is 13.5 Å². The highest BCUT2D eigenvalue weighted by Crippen LogP contribution is 2.20. The molecular formula is C22H27ClN4O2. The molecule has 0 radical (unpaired) electrons. The van der Waals surface area contributed by atoms with Crippen LogP contribution >= 0.6 is 11.6 Å². The highest BCUT2D eigenvalue weighted by Gasteiger charge is 2.20. The Labute approximate surface area is 176 Å². The summed E-state index contributed by atoms with van der Waals surface area (Å²) in [6, 6.07) is 15.3. The van der Waals surface area contributed by atoms with Crippen LogP contribution in [0.3, 0.4) is 0 Å². The van der Waals surface area contributed by atoms with Gasteiger partial charge in [-0.1, -0.05) is 48.0 Å². The zero-order chi connectivity index (χ0) is 20.6.